The van der Waals surface area contributed by atoms with Gasteiger partial charge in [-0.2, -0.15) is 0 Å². The van der Waals surface area contributed by atoms with Crippen LogP contribution in [0.5, 0.6) is 0 Å². The van der Waals surface area contributed by atoms with Crippen LogP contribution in [0.25, 0.3) is 0 Å². The third-order valence-corrected chi connectivity index (χ3v) is 3.18. The molecule has 1 rings (SSSR count). The first-order chi connectivity index (χ1) is 10.8. The van der Waals surface area contributed by atoms with Crippen molar-refractivity contribution in [2.45, 2.75) is 58.8 Å². The molecule has 1 aliphatic rings. The molecule has 138 valence electrons. The Hall–Kier alpha value is -1.99. The van der Waals surface area contributed by atoms with Crippen molar-refractivity contribution in [1.82, 2.24) is 10.2 Å². The summed E-state index contributed by atoms with van der Waals surface area (Å²) < 4.78 is 15.3. The van der Waals surface area contributed by atoms with Crippen LogP contribution in [-0.4, -0.2) is 60.5 Å². The van der Waals surface area contributed by atoms with Crippen LogP contribution in [0, 0.1) is 5.92 Å². The standard InChI is InChI=1S/C16H28N2O6/c1-15(2,3)23-13(20)17-11-9-18(8-10(11)12(19)22-7)14(21)24-16(4,5)6/h10-11H,8-9H2,1-7H3,(H,17,20)/t10-,11-/m1/s1. The highest BCUT2D eigenvalue weighted by Gasteiger charge is 2.43. The van der Waals surface area contributed by atoms with Crippen molar-refractivity contribution in [2.24, 2.45) is 5.92 Å². The Morgan fingerprint density at radius 1 is 0.958 bits per heavy atom. The van der Waals surface area contributed by atoms with Gasteiger partial charge in [-0.3, -0.25) is 4.79 Å². The van der Waals surface area contributed by atoms with E-state index in [2.05, 4.69) is 5.32 Å². The minimum absolute atomic E-state index is 0.113. The van der Waals surface area contributed by atoms with Crippen LogP contribution in [0.2, 0.25) is 0 Å². The van der Waals surface area contributed by atoms with E-state index in [1.165, 1.54) is 12.0 Å². The van der Waals surface area contributed by atoms with E-state index in [1.54, 1.807) is 41.5 Å². The molecule has 1 saturated heterocycles. The second kappa shape index (κ2) is 7.27. The van der Waals surface area contributed by atoms with Crippen LogP contribution in [0.3, 0.4) is 0 Å². The summed E-state index contributed by atoms with van der Waals surface area (Å²) in [6.45, 7) is 10.8. The number of esters is 1. The van der Waals surface area contributed by atoms with E-state index in [0.29, 0.717) is 0 Å². The van der Waals surface area contributed by atoms with Gasteiger partial charge in [0.2, 0.25) is 0 Å². The number of hydrogen-bond acceptors (Lipinski definition) is 6. The molecule has 8 nitrogen and oxygen atoms in total. The van der Waals surface area contributed by atoms with Crippen LogP contribution in [-0.2, 0) is 19.0 Å². The number of nitrogens with zero attached hydrogens (tertiary/aromatic N) is 1. The summed E-state index contributed by atoms with van der Waals surface area (Å²) in [6.07, 6.45) is -1.18. The fraction of sp³-hybridized carbons (Fsp3) is 0.812. The zero-order valence-corrected chi connectivity index (χ0v) is 15.5. The summed E-state index contributed by atoms with van der Waals surface area (Å²) in [5.74, 6) is -1.17. The highest BCUT2D eigenvalue weighted by atomic mass is 16.6. The van der Waals surface area contributed by atoms with Gasteiger partial charge in [-0.1, -0.05) is 0 Å². The van der Waals surface area contributed by atoms with Crippen LogP contribution in [0.1, 0.15) is 41.5 Å². The molecule has 1 fully saturated rings. The van der Waals surface area contributed by atoms with Gasteiger partial charge in [0, 0.05) is 13.1 Å². The van der Waals surface area contributed by atoms with Crippen molar-refractivity contribution in [2.75, 3.05) is 20.2 Å². The van der Waals surface area contributed by atoms with Gasteiger partial charge in [0.05, 0.1) is 19.1 Å². The molecule has 0 aliphatic carbocycles. The number of rotatable bonds is 2. The summed E-state index contributed by atoms with van der Waals surface area (Å²) >= 11 is 0. The first kappa shape index (κ1) is 20.1. The molecule has 0 radical (unpaired) electrons. The Morgan fingerprint density at radius 2 is 1.50 bits per heavy atom. The molecule has 0 aromatic carbocycles. The molecule has 2 amide bonds. The van der Waals surface area contributed by atoms with Crippen molar-refractivity contribution in [3.8, 4) is 0 Å². The minimum atomic E-state index is -0.671. The van der Waals surface area contributed by atoms with Crippen LogP contribution in [0.15, 0.2) is 0 Å². The third-order valence-electron chi connectivity index (χ3n) is 3.18. The van der Waals surface area contributed by atoms with Gasteiger partial charge in [-0.15, -0.1) is 0 Å². The fourth-order valence-corrected chi connectivity index (χ4v) is 2.27. The number of amides is 2. The average Bonchev–Trinajstić information content (AvgIpc) is 2.77. The molecular formula is C16H28N2O6. The Morgan fingerprint density at radius 3 is 1.96 bits per heavy atom. The molecule has 8 heteroatoms. The van der Waals surface area contributed by atoms with Crippen molar-refractivity contribution in [3.05, 3.63) is 0 Å². The normalized spacial score (nSPS) is 21.2. The smallest absolute Gasteiger partial charge is 0.410 e. The second-order valence-corrected chi connectivity index (χ2v) is 7.77. The van der Waals surface area contributed by atoms with Gasteiger partial charge in [0.15, 0.2) is 0 Å². The molecule has 0 unspecified atom stereocenters. The van der Waals surface area contributed by atoms with Gasteiger partial charge < -0.3 is 24.4 Å². The lowest BCUT2D eigenvalue weighted by molar-refractivity contribution is -0.145. The molecule has 1 aliphatic heterocycles. The van der Waals surface area contributed by atoms with E-state index in [1.807, 2.05) is 0 Å². The lowest BCUT2D eigenvalue weighted by Crippen LogP contribution is -2.45. The Kier molecular flexibility index (Phi) is 6.08. The molecule has 1 N–H and O–H groups in total. The van der Waals surface area contributed by atoms with Gasteiger partial charge in [-0.25, -0.2) is 9.59 Å². The van der Waals surface area contributed by atoms with E-state index < -0.39 is 41.3 Å². The number of carbonyl (C=O) groups is 3. The Balaban J connectivity index is 2.79. The zero-order valence-electron chi connectivity index (χ0n) is 15.5. The molecule has 0 spiro atoms. The van der Waals surface area contributed by atoms with E-state index in [4.69, 9.17) is 14.2 Å². The summed E-state index contributed by atoms with van der Waals surface area (Å²) in [4.78, 5) is 37.5. The number of methoxy groups -OCH3 is 1. The monoisotopic (exact) mass is 344 g/mol. The molecule has 0 saturated carbocycles. The summed E-state index contributed by atoms with van der Waals surface area (Å²) in [6, 6.07) is -0.597. The lowest BCUT2D eigenvalue weighted by atomic mass is 10.0. The number of carbonyl (C=O) groups excluding carboxylic acids is 3. The van der Waals surface area contributed by atoms with Crippen LogP contribution >= 0.6 is 0 Å². The summed E-state index contributed by atoms with van der Waals surface area (Å²) in [5.41, 5.74) is -1.30. The van der Waals surface area contributed by atoms with Gasteiger partial charge in [0.1, 0.15) is 11.2 Å². The van der Waals surface area contributed by atoms with Gasteiger partial charge in [-0.05, 0) is 41.5 Å². The zero-order chi connectivity index (χ0) is 18.7. The average molecular weight is 344 g/mol. The number of nitrogens with one attached hydrogen (secondary N) is 1. The maximum Gasteiger partial charge on any atom is 0.410 e. The van der Waals surface area contributed by atoms with Crippen molar-refractivity contribution in [1.29, 1.82) is 0 Å². The van der Waals surface area contributed by atoms with E-state index in [-0.39, 0.29) is 13.1 Å². The summed E-state index contributed by atoms with van der Waals surface area (Å²) in [5, 5.41) is 2.64. The number of alkyl carbamates (subject to hydrolysis) is 1. The van der Waals surface area contributed by atoms with Crippen molar-refractivity contribution < 1.29 is 28.6 Å². The molecule has 1 heterocycles. The van der Waals surface area contributed by atoms with Crippen LogP contribution < -0.4 is 5.32 Å². The first-order valence-electron chi connectivity index (χ1n) is 7.87. The lowest BCUT2D eigenvalue weighted by Gasteiger charge is -2.24. The van der Waals surface area contributed by atoms with Gasteiger partial charge >= 0.3 is 18.2 Å². The van der Waals surface area contributed by atoms with Crippen molar-refractivity contribution >= 4 is 18.2 Å². The van der Waals surface area contributed by atoms with E-state index in [0.717, 1.165) is 0 Å². The van der Waals surface area contributed by atoms with Crippen LogP contribution in [0.4, 0.5) is 9.59 Å². The van der Waals surface area contributed by atoms with Crippen molar-refractivity contribution in [3.63, 3.8) is 0 Å². The summed E-state index contributed by atoms with van der Waals surface area (Å²) in [7, 11) is 1.27. The molecule has 24 heavy (non-hydrogen) atoms. The number of likely N-dealkylation sites (tertiary alicyclic amines) is 1. The van der Waals surface area contributed by atoms with Gasteiger partial charge in [0.25, 0.3) is 0 Å². The topological polar surface area (TPSA) is 94.2 Å². The number of hydrogen-bond donors (Lipinski definition) is 1. The van der Waals surface area contributed by atoms with E-state index in [9.17, 15) is 14.4 Å². The molecule has 0 bridgehead atoms. The maximum atomic E-state index is 12.2. The second-order valence-electron chi connectivity index (χ2n) is 7.77. The maximum absolute atomic E-state index is 12.2. The fourth-order valence-electron chi connectivity index (χ4n) is 2.27. The highest BCUT2D eigenvalue weighted by Crippen LogP contribution is 2.22. The quantitative estimate of drug-likeness (QED) is 0.607. The molecule has 2 atom stereocenters. The predicted octanol–water partition coefficient (Wildman–Crippen LogP) is 1.92. The Bertz CT molecular complexity index is 492. The predicted molar refractivity (Wildman–Crippen MR) is 86.5 cm³/mol. The highest BCUT2D eigenvalue weighted by molar-refractivity contribution is 5.78. The third kappa shape index (κ3) is 6.25. The molecule has 0 aromatic rings. The minimum Gasteiger partial charge on any atom is -0.469 e. The Labute approximate surface area is 142 Å². The number of ether oxygens (including phenoxy) is 3. The molecule has 0 aromatic heterocycles. The largest absolute Gasteiger partial charge is 0.469 e. The molecular weight excluding hydrogens is 316 g/mol. The van der Waals surface area contributed by atoms with E-state index >= 15 is 0 Å². The first-order valence-corrected chi connectivity index (χ1v) is 7.87. The SMILES string of the molecule is COC(=O)[C@@H]1CN(C(=O)OC(C)(C)C)C[C@H]1NC(=O)OC(C)(C)C.